The number of carbonyl (C=O) groups excluding carboxylic acids is 2. The molecular formula is C19H23N3O2S. The highest BCUT2D eigenvalue weighted by atomic mass is 32.1. The van der Waals surface area contributed by atoms with Gasteiger partial charge in [0.25, 0.3) is 0 Å². The summed E-state index contributed by atoms with van der Waals surface area (Å²) in [6, 6.07) is 14.1. The van der Waals surface area contributed by atoms with Crippen molar-refractivity contribution in [3.63, 3.8) is 0 Å². The van der Waals surface area contributed by atoms with Gasteiger partial charge in [-0.1, -0.05) is 36.4 Å². The van der Waals surface area contributed by atoms with E-state index >= 15 is 0 Å². The van der Waals surface area contributed by atoms with Crippen LogP contribution in [-0.4, -0.2) is 42.9 Å². The minimum atomic E-state index is -0.164. The highest BCUT2D eigenvalue weighted by molar-refractivity contribution is 7.10. The zero-order valence-corrected chi connectivity index (χ0v) is 15.1. The summed E-state index contributed by atoms with van der Waals surface area (Å²) in [7, 11) is 1.79. The fraction of sp³-hybridized carbons (Fsp3) is 0.368. The zero-order chi connectivity index (χ0) is 17.6. The lowest BCUT2D eigenvalue weighted by Gasteiger charge is -2.21. The lowest BCUT2D eigenvalue weighted by Crippen LogP contribution is -2.42. The first kappa shape index (κ1) is 17.6. The van der Waals surface area contributed by atoms with E-state index in [1.54, 1.807) is 23.3 Å². The van der Waals surface area contributed by atoms with Crippen LogP contribution in [0.5, 0.6) is 0 Å². The highest BCUT2D eigenvalue weighted by Crippen LogP contribution is 2.25. The van der Waals surface area contributed by atoms with E-state index in [0.29, 0.717) is 6.04 Å². The van der Waals surface area contributed by atoms with E-state index in [0.717, 1.165) is 23.3 Å². The molecule has 1 fully saturated rings. The first-order chi connectivity index (χ1) is 12.1. The fourth-order valence-electron chi connectivity index (χ4n) is 2.67. The van der Waals surface area contributed by atoms with Crippen molar-refractivity contribution in [1.29, 1.82) is 0 Å². The summed E-state index contributed by atoms with van der Waals surface area (Å²) in [6.45, 7) is 0.422. The van der Waals surface area contributed by atoms with Gasteiger partial charge < -0.3 is 10.6 Å². The standard InChI is InChI=1S/C19H23N3O2S/c1-22(12-17(23)20-15-9-10-15)13-18(24)21-19(16-8-5-11-25-16)14-6-3-2-4-7-14/h2-8,11,15,19H,9-10,12-13H2,1H3,(H,20,23)(H,21,24)/t19-/m1/s1. The van der Waals surface area contributed by atoms with Gasteiger partial charge in [0.15, 0.2) is 0 Å². The van der Waals surface area contributed by atoms with Crippen LogP contribution in [0.2, 0.25) is 0 Å². The van der Waals surface area contributed by atoms with Crippen LogP contribution in [0.3, 0.4) is 0 Å². The van der Waals surface area contributed by atoms with E-state index in [9.17, 15) is 9.59 Å². The number of thiophene rings is 1. The van der Waals surface area contributed by atoms with E-state index in [1.807, 2.05) is 47.8 Å². The van der Waals surface area contributed by atoms with Crippen LogP contribution in [0.25, 0.3) is 0 Å². The predicted octanol–water partition coefficient (Wildman–Crippen LogP) is 2.16. The van der Waals surface area contributed by atoms with Gasteiger partial charge in [0, 0.05) is 10.9 Å². The van der Waals surface area contributed by atoms with Crippen molar-refractivity contribution >= 4 is 23.2 Å². The molecule has 0 bridgehead atoms. The van der Waals surface area contributed by atoms with Gasteiger partial charge in [-0.15, -0.1) is 11.3 Å². The molecule has 132 valence electrons. The molecule has 2 aromatic rings. The Balaban J connectivity index is 1.57. The van der Waals surface area contributed by atoms with Crippen molar-refractivity contribution in [1.82, 2.24) is 15.5 Å². The molecule has 0 saturated heterocycles. The molecule has 1 aliphatic rings. The first-order valence-electron chi connectivity index (χ1n) is 8.47. The average Bonchev–Trinajstić information content (AvgIpc) is 3.23. The van der Waals surface area contributed by atoms with Crippen LogP contribution in [0.4, 0.5) is 0 Å². The second-order valence-electron chi connectivity index (χ2n) is 6.44. The molecule has 1 aromatic carbocycles. The van der Waals surface area contributed by atoms with Crippen LogP contribution in [0.1, 0.15) is 29.3 Å². The molecule has 1 heterocycles. The quantitative estimate of drug-likeness (QED) is 0.761. The number of amides is 2. The van der Waals surface area contributed by atoms with Gasteiger partial charge in [0.1, 0.15) is 0 Å². The van der Waals surface area contributed by atoms with Gasteiger partial charge in [-0.05, 0) is 36.9 Å². The number of hydrogen-bond donors (Lipinski definition) is 2. The molecule has 1 aliphatic carbocycles. The molecule has 1 saturated carbocycles. The third kappa shape index (κ3) is 5.41. The monoisotopic (exact) mass is 357 g/mol. The fourth-order valence-corrected chi connectivity index (χ4v) is 3.48. The van der Waals surface area contributed by atoms with Gasteiger partial charge in [0.2, 0.25) is 11.8 Å². The molecule has 3 rings (SSSR count). The third-order valence-electron chi connectivity index (χ3n) is 4.04. The summed E-state index contributed by atoms with van der Waals surface area (Å²) in [4.78, 5) is 27.1. The minimum Gasteiger partial charge on any atom is -0.352 e. The van der Waals surface area contributed by atoms with Crippen LogP contribution in [0.15, 0.2) is 47.8 Å². The molecule has 0 spiro atoms. The van der Waals surface area contributed by atoms with E-state index in [-0.39, 0.29) is 30.9 Å². The van der Waals surface area contributed by atoms with Crippen LogP contribution >= 0.6 is 11.3 Å². The van der Waals surface area contributed by atoms with Crippen molar-refractivity contribution in [3.05, 3.63) is 58.3 Å². The molecule has 0 aliphatic heterocycles. The third-order valence-corrected chi connectivity index (χ3v) is 4.97. The Morgan fingerprint density at radius 3 is 2.48 bits per heavy atom. The van der Waals surface area contributed by atoms with E-state index < -0.39 is 0 Å². The van der Waals surface area contributed by atoms with Crippen LogP contribution in [-0.2, 0) is 9.59 Å². The van der Waals surface area contributed by atoms with E-state index in [1.165, 1.54) is 0 Å². The summed E-state index contributed by atoms with van der Waals surface area (Å²) in [6.07, 6.45) is 2.13. The van der Waals surface area contributed by atoms with Gasteiger partial charge in [0.05, 0.1) is 19.1 Å². The smallest absolute Gasteiger partial charge is 0.234 e. The Hall–Kier alpha value is -2.18. The molecular weight excluding hydrogens is 334 g/mol. The molecule has 1 atom stereocenters. The number of benzene rings is 1. The average molecular weight is 357 g/mol. The Bertz CT molecular complexity index is 699. The van der Waals surface area contributed by atoms with E-state index in [2.05, 4.69) is 10.6 Å². The zero-order valence-electron chi connectivity index (χ0n) is 14.3. The minimum absolute atomic E-state index is 0.0179. The van der Waals surface area contributed by atoms with Crippen molar-refractivity contribution in [2.45, 2.75) is 24.9 Å². The van der Waals surface area contributed by atoms with Gasteiger partial charge >= 0.3 is 0 Å². The second-order valence-corrected chi connectivity index (χ2v) is 7.42. The highest BCUT2D eigenvalue weighted by Gasteiger charge is 2.24. The summed E-state index contributed by atoms with van der Waals surface area (Å²) < 4.78 is 0. The van der Waals surface area contributed by atoms with Gasteiger partial charge in [-0.25, -0.2) is 0 Å². The first-order valence-corrected chi connectivity index (χ1v) is 9.35. The lowest BCUT2D eigenvalue weighted by molar-refractivity contribution is -0.124. The maximum absolute atomic E-state index is 12.5. The maximum atomic E-state index is 12.5. The molecule has 5 nitrogen and oxygen atoms in total. The normalized spacial score (nSPS) is 15.0. The molecule has 6 heteroatoms. The Morgan fingerprint density at radius 1 is 1.12 bits per heavy atom. The molecule has 25 heavy (non-hydrogen) atoms. The van der Waals surface area contributed by atoms with Crippen molar-refractivity contribution < 1.29 is 9.59 Å². The summed E-state index contributed by atoms with van der Waals surface area (Å²) in [5, 5.41) is 8.03. The van der Waals surface area contributed by atoms with E-state index in [4.69, 9.17) is 0 Å². The number of rotatable bonds is 8. The van der Waals surface area contributed by atoms with Crippen LogP contribution < -0.4 is 10.6 Å². The molecule has 2 amide bonds. The predicted molar refractivity (Wildman–Crippen MR) is 99.4 cm³/mol. The largest absolute Gasteiger partial charge is 0.352 e. The number of nitrogens with zero attached hydrogens (tertiary/aromatic N) is 1. The van der Waals surface area contributed by atoms with Gasteiger partial charge in [-0.2, -0.15) is 0 Å². The van der Waals surface area contributed by atoms with Gasteiger partial charge in [-0.3, -0.25) is 14.5 Å². The second kappa shape index (κ2) is 8.27. The topological polar surface area (TPSA) is 61.4 Å². The summed E-state index contributed by atoms with van der Waals surface area (Å²) in [5.74, 6) is -0.111. The number of carbonyl (C=O) groups is 2. The summed E-state index contributed by atoms with van der Waals surface area (Å²) >= 11 is 1.62. The number of likely N-dealkylation sites (N-methyl/N-ethyl adjacent to an activating group) is 1. The Kier molecular flexibility index (Phi) is 5.83. The molecule has 0 radical (unpaired) electrons. The number of hydrogen-bond acceptors (Lipinski definition) is 4. The SMILES string of the molecule is CN(CC(=O)NC1CC1)CC(=O)N[C@H](c1ccccc1)c1cccs1. The lowest BCUT2D eigenvalue weighted by atomic mass is 10.1. The summed E-state index contributed by atoms with van der Waals surface area (Å²) in [5.41, 5.74) is 1.05. The van der Waals surface area contributed by atoms with Crippen molar-refractivity contribution in [2.24, 2.45) is 0 Å². The molecule has 0 unspecified atom stereocenters. The van der Waals surface area contributed by atoms with Crippen molar-refractivity contribution in [3.8, 4) is 0 Å². The van der Waals surface area contributed by atoms with Crippen molar-refractivity contribution in [2.75, 3.05) is 20.1 Å². The number of nitrogens with one attached hydrogen (secondary N) is 2. The molecule has 2 N–H and O–H groups in total. The molecule has 1 aromatic heterocycles. The Labute approximate surface area is 152 Å². The maximum Gasteiger partial charge on any atom is 0.234 e. The van der Waals surface area contributed by atoms with Crippen LogP contribution in [0, 0.1) is 0 Å². The Morgan fingerprint density at radius 2 is 1.84 bits per heavy atom.